The second-order valence-corrected chi connectivity index (χ2v) is 5.05. The molecular weight excluding hydrogens is 160 g/mol. The molecule has 0 radical (unpaired) electrons. The van der Waals surface area contributed by atoms with Gasteiger partial charge >= 0.3 is 0 Å². The van der Waals surface area contributed by atoms with Crippen LogP contribution >= 0.6 is 0 Å². The van der Waals surface area contributed by atoms with Gasteiger partial charge in [-0.15, -0.1) is 0 Å². The quantitative estimate of drug-likeness (QED) is 0.695. The van der Waals surface area contributed by atoms with Crippen molar-refractivity contribution in [3.8, 4) is 0 Å². The zero-order chi connectivity index (χ0) is 9.42. The van der Waals surface area contributed by atoms with Crippen LogP contribution in [-0.2, 0) is 0 Å². The summed E-state index contributed by atoms with van der Waals surface area (Å²) >= 11 is 0. The van der Waals surface area contributed by atoms with Gasteiger partial charge in [0, 0.05) is 24.7 Å². The van der Waals surface area contributed by atoms with Crippen LogP contribution < -0.4 is 5.32 Å². The van der Waals surface area contributed by atoms with Crippen molar-refractivity contribution >= 4 is 0 Å². The van der Waals surface area contributed by atoms with Gasteiger partial charge in [-0.3, -0.25) is 0 Å². The van der Waals surface area contributed by atoms with Crippen LogP contribution in [0.3, 0.4) is 0 Å². The molecule has 76 valence electrons. The first-order valence-corrected chi connectivity index (χ1v) is 5.63. The number of likely N-dealkylation sites (tertiary alicyclic amines) is 1. The molecule has 2 heteroatoms. The Morgan fingerprint density at radius 1 is 1.23 bits per heavy atom. The van der Waals surface area contributed by atoms with E-state index in [1.807, 2.05) is 0 Å². The molecule has 3 unspecified atom stereocenters. The first-order valence-electron chi connectivity index (χ1n) is 5.63. The maximum absolute atomic E-state index is 3.77. The van der Waals surface area contributed by atoms with E-state index in [2.05, 4.69) is 31.1 Å². The summed E-state index contributed by atoms with van der Waals surface area (Å²) < 4.78 is 0. The largest absolute Gasteiger partial charge is 0.311 e. The van der Waals surface area contributed by atoms with Crippen LogP contribution in [0.2, 0.25) is 0 Å². The van der Waals surface area contributed by atoms with E-state index in [1.165, 1.54) is 25.8 Å². The lowest BCUT2D eigenvalue weighted by atomic mass is 9.90. The molecule has 2 fully saturated rings. The van der Waals surface area contributed by atoms with Crippen molar-refractivity contribution in [3.63, 3.8) is 0 Å². The lowest BCUT2D eigenvalue weighted by Gasteiger charge is -2.40. The molecule has 0 aromatic carbocycles. The van der Waals surface area contributed by atoms with Crippen molar-refractivity contribution in [3.05, 3.63) is 0 Å². The van der Waals surface area contributed by atoms with Crippen molar-refractivity contribution in [1.29, 1.82) is 0 Å². The Morgan fingerprint density at radius 2 is 1.92 bits per heavy atom. The predicted octanol–water partition coefficient (Wildman–Crippen LogP) is 1.47. The molecule has 2 rings (SSSR count). The van der Waals surface area contributed by atoms with E-state index in [1.54, 1.807) is 0 Å². The van der Waals surface area contributed by atoms with Crippen LogP contribution in [0.15, 0.2) is 0 Å². The standard InChI is InChI=1S/C11H22N2/c1-8-7-13(3)9(2)6-11(8)12-10-4-5-10/h8-12H,4-7H2,1-3H3. The molecule has 1 N–H and O–H groups in total. The molecule has 0 aromatic rings. The Hall–Kier alpha value is -0.0800. The van der Waals surface area contributed by atoms with E-state index in [0.29, 0.717) is 0 Å². The molecule has 2 nitrogen and oxygen atoms in total. The minimum absolute atomic E-state index is 0.757. The summed E-state index contributed by atoms with van der Waals surface area (Å²) in [7, 11) is 2.24. The Kier molecular flexibility index (Phi) is 2.61. The smallest absolute Gasteiger partial charge is 0.0122 e. The zero-order valence-corrected chi connectivity index (χ0v) is 9.09. The van der Waals surface area contributed by atoms with Gasteiger partial charge in [-0.1, -0.05) is 6.92 Å². The number of piperidine rings is 1. The Labute approximate surface area is 81.7 Å². The van der Waals surface area contributed by atoms with E-state index >= 15 is 0 Å². The minimum Gasteiger partial charge on any atom is -0.311 e. The van der Waals surface area contributed by atoms with Crippen LogP contribution in [-0.4, -0.2) is 36.6 Å². The third-order valence-corrected chi connectivity index (χ3v) is 3.64. The molecule has 13 heavy (non-hydrogen) atoms. The summed E-state index contributed by atoms with van der Waals surface area (Å²) in [6.07, 6.45) is 4.15. The van der Waals surface area contributed by atoms with Crippen LogP contribution in [0.5, 0.6) is 0 Å². The number of hydrogen-bond acceptors (Lipinski definition) is 2. The number of nitrogens with zero attached hydrogens (tertiary/aromatic N) is 1. The minimum atomic E-state index is 0.757. The molecule has 3 atom stereocenters. The second-order valence-electron chi connectivity index (χ2n) is 5.05. The number of rotatable bonds is 2. The van der Waals surface area contributed by atoms with E-state index in [-0.39, 0.29) is 0 Å². The second kappa shape index (κ2) is 3.58. The number of nitrogens with one attached hydrogen (secondary N) is 1. The molecule has 2 aliphatic rings. The predicted molar refractivity (Wildman–Crippen MR) is 55.8 cm³/mol. The van der Waals surface area contributed by atoms with Gasteiger partial charge in [-0.2, -0.15) is 0 Å². The van der Waals surface area contributed by atoms with Gasteiger partial charge in [0.1, 0.15) is 0 Å². The normalized spacial score (nSPS) is 42.2. The van der Waals surface area contributed by atoms with Gasteiger partial charge in [-0.25, -0.2) is 0 Å². The molecule has 1 aliphatic carbocycles. The molecule has 0 amide bonds. The maximum Gasteiger partial charge on any atom is 0.0122 e. The Balaban J connectivity index is 1.86. The highest BCUT2D eigenvalue weighted by Crippen LogP contribution is 2.26. The third kappa shape index (κ3) is 2.23. The zero-order valence-electron chi connectivity index (χ0n) is 9.09. The van der Waals surface area contributed by atoms with Crippen LogP contribution in [0.25, 0.3) is 0 Å². The van der Waals surface area contributed by atoms with E-state index in [4.69, 9.17) is 0 Å². The van der Waals surface area contributed by atoms with Crippen molar-refractivity contribution in [2.45, 2.75) is 51.2 Å². The fourth-order valence-electron chi connectivity index (χ4n) is 2.33. The SMILES string of the molecule is CC1CN(C)C(C)CC1NC1CC1. The van der Waals surface area contributed by atoms with Gasteiger partial charge in [0.25, 0.3) is 0 Å². The molecule has 1 saturated carbocycles. The summed E-state index contributed by atoms with van der Waals surface area (Å²) in [4.78, 5) is 2.48. The van der Waals surface area contributed by atoms with Gasteiger partial charge in [0.2, 0.25) is 0 Å². The summed E-state index contributed by atoms with van der Waals surface area (Å²) in [5.74, 6) is 0.821. The van der Waals surface area contributed by atoms with Gasteiger partial charge < -0.3 is 10.2 Å². The van der Waals surface area contributed by atoms with Crippen molar-refractivity contribution in [2.75, 3.05) is 13.6 Å². The molecule has 0 aromatic heterocycles. The van der Waals surface area contributed by atoms with E-state index in [0.717, 1.165) is 24.0 Å². The summed E-state index contributed by atoms with van der Waals surface area (Å²) in [5.41, 5.74) is 0. The summed E-state index contributed by atoms with van der Waals surface area (Å²) in [5, 5.41) is 3.77. The van der Waals surface area contributed by atoms with Gasteiger partial charge in [0.15, 0.2) is 0 Å². The lowest BCUT2D eigenvalue weighted by molar-refractivity contribution is 0.121. The van der Waals surface area contributed by atoms with E-state index < -0.39 is 0 Å². The van der Waals surface area contributed by atoms with Crippen LogP contribution in [0.1, 0.15) is 33.1 Å². The van der Waals surface area contributed by atoms with Gasteiger partial charge in [0.05, 0.1) is 0 Å². The van der Waals surface area contributed by atoms with Crippen molar-refractivity contribution < 1.29 is 0 Å². The lowest BCUT2D eigenvalue weighted by Crippen LogP contribution is -2.51. The summed E-state index contributed by atoms with van der Waals surface area (Å²) in [6, 6.07) is 2.40. The number of hydrogen-bond donors (Lipinski definition) is 1. The first-order chi connectivity index (χ1) is 6.16. The average Bonchev–Trinajstić information content (AvgIpc) is 2.84. The molecule has 1 aliphatic heterocycles. The fraction of sp³-hybridized carbons (Fsp3) is 1.00. The Bertz CT molecular complexity index is 177. The highest BCUT2D eigenvalue weighted by molar-refractivity contribution is 4.91. The average molecular weight is 182 g/mol. The topological polar surface area (TPSA) is 15.3 Å². The van der Waals surface area contributed by atoms with Crippen LogP contribution in [0, 0.1) is 5.92 Å². The molecule has 0 bridgehead atoms. The molecule has 1 heterocycles. The highest BCUT2D eigenvalue weighted by Gasteiger charge is 2.32. The summed E-state index contributed by atoms with van der Waals surface area (Å²) in [6.45, 7) is 5.97. The monoisotopic (exact) mass is 182 g/mol. The highest BCUT2D eigenvalue weighted by atomic mass is 15.2. The Morgan fingerprint density at radius 3 is 2.54 bits per heavy atom. The first kappa shape index (κ1) is 9.47. The maximum atomic E-state index is 3.77. The van der Waals surface area contributed by atoms with Crippen molar-refractivity contribution in [2.24, 2.45) is 5.92 Å². The molecular formula is C11H22N2. The van der Waals surface area contributed by atoms with E-state index in [9.17, 15) is 0 Å². The third-order valence-electron chi connectivity index (χ3n) is 3.64. The van der Waals surface area contributed by atoms with Gasteiger partial charge in [-0.05, 0) is 39.2 Å². The van der Waals surface area contributed by atoms with Crippen molar-refractivity contribution in [1.82, 2.24) is 10.2 Å². The molecule has 0 spiro atoms. The van der Waals surface area contributed by atoms with Crippen LogP contribution in [0.4, 0.5) is 0 Å². The molecule has 1 saturated heterocycles. The fourth-order valence-corrected chi connectivity index (χ4v) is 2.33.